The zero-order valence-electron chi connectivity index (χ0n) is 12.1. The molecule has 0 bridgehead atoms. The van der Waals surface area contributed by atoms with Crippen LogP contribution < -0.4 is 5.32 Å². The van der Waals surface area contributed by atoms with Crippen LogP contribution >= 0.6 is 0 Å². The van der Waals surface area contributed by atoms with Crippen LogP contribution in [0.5, 0.6) is 0 Å². The summed E-state index contributed by atoms with van der Waals surface area (Å²) < 4.78 is 32.7. The number of ether oxygens (including phenoxy) is 1. The Balaban J connectivity index is 2.44. The van der Waals surface area contributed by atoms with E-state index < -0.39 is 15.6 Å². The first kappa shape index (κ1) is 15.2. The molecule has 1 N–H and O–H groups in total. The molecule has 112 valence electrons. The first-order chi connectivity index (χ1) is 9.39. The molecule has 2 heterocycles. The van der Waals surface area contributed by atoms with Crippen LogP contribution in [0.2, 0.25) is 0 Å². The van der Waals surface area contributed by atoms with Gasteiger partial charge in [0.25, 0.3) is 0 Å². The van der Waals surface area contributed by atoms with Crippen LogP contribution in [-0.4, -0.2) is 49.5 Å². The normalized spacial score (nSPS) is 19.8. The molecule has 0 amide bonds. The minimum absolute atomic E-state index is 0.219. The summed E-state index contributed by atoms with van der Waals surface area (Å²) in [5, 5.41) is 3.07. The van der Waals surface area contributed by atoms with Gasteiger partial charge in [-0.3, -0.25) is 4.98 Å². The number of hydrogen-bond donors (Lipinski definition) is 1. The standard InChI is InChI=1S/C13H21N3O3S/c1-4-15-11-5-6-14-9-12(11)20(17,18)16-7-8-19-10-13(16,2)3/h5-6,9H,4,7-8,10H2,1-3H3,(H,14,15). The van der Waals surface area contributed by atoms with Gasteiger partial charge in [0.2, 0.25) is 10.0 Å². The molecule has 0 radical (unpaired) electrons. The third-order valence-corrected chi connectivity index (χ3v) is 5.43. The third-order valence-electron chi connectivity index (χ3n) is 3.29. The Kier molecular flexibility index (Phi) is 4.31. The highest BCUT2D eigenvalue weighted by Gasteiger charge is 2.40. The lowest BCUT2D eigenvalue weighted by Gasteiger charge is -2.40. The van der Waals surface area contributed by atoms with E-state index in [4.69, 9.17) is 4.74 Å². The minimum atomic E-state index is -3.59. The van der Waals surface area contributed by atoms with Crippen molar-refractivity contribution in [2.75, 3.05) is 31.6 Å². The maximum Gasteiger partial charge on any atom is 0.247 e. The smallest absolute Gasteiger partial charge is 0.247 e. The van der Waals surface area contributed by atoms with Crippen molar-refractivity contribution in [3.8, 4) is 0 Å². The van der Waals surface area contributed by atoms with Crippen molar-refractivity contribution in [3.63, 3.8) is 0 Å². The van der Waals surface area contributed by atoms with E-state index in [9.17, 15) is 8.42 Å². The van der Waals surface area contributed by atoms with E-state index in [1.165, 1.54) is 10.5 Å². The average Bonchev–Trinajstić information content (AvgIpc) is 2.38. The molecular weight excluding hydrogens is 278 g/mol. The minimum Gasteiger partial charge on any atom is -0.384 e. The van der Waals surface area contributed by atoms with Gasteiger partial charge in [0.1, 0.15) is 4.90 Å². The summed E-state index contributed by atoms with van der Waals surface area (Å²) >= 11 is 0. The van der Waals surface area contributed by atoms with Crippen LogP contribution in [-0.2, 0) is 14.8 Å². The van der Waals surface area contributed by atoms with Gasteiger partial charge in [-0.1, -0.05) is 0 Å². The van der Waals surface area contributed by atoms with Crippen molar-refractivity contribution in [3.05, 3.63) is 18.5 Å². The molecule has 0 saturated carbocycles. The number of morpholine rings is 1. The quantitative estimate of drug-likeness (QED) is 0.907. The average molecular weight is 299 g/mol. The topological polar surface area (TPSA) is 71.5 Å². The van der Waals surface area contributed by atoms with E-state index in [0.29, 0.717) is 32.0 Å². The van der Waals surface area contributed by atoms with Crippen molar-refractivity contribution in [1.29, 1.82) is 0 Å². The summed E-state index contributed by atoms with van der Waals surface area (Å²) in [5.74, 6) is 0. The predicted octanol–water partition coefficient (Wildman–Crippen LogP) is 1.31. The molecule has 20 heavy (non-hydrogen) atoms. The van der Waals surface area contributed by atoms with Crippen LogP contribution in [0.3, 0.4) is 0 Å². The van der Waals surface area contributed by atoms with Gasteiger partial charge < -0.3 is 10.1 Å². The maximum absolute atomic E-state index is 12.9. The largest absolute Gasteiger partial charge is 0.384 e. The first-order valence-corrected chi connectivity index (χ1v) is 8.12. The van der Waals surface area contributed by atoms with E-state index in [-0.39, 0.29) is 4.90 Å². The Labute approximate surface area is 120 Å². The molecule has 6 nitrogen and oxygen atoms in total. The van der Waals surface area contributed by atoms with Gasteiger partial charge in [-0.2, -0.15) is 4.31 Å². The number of aromatic nitrogens is 1. The van der Waals surface area contributed by atoms with Crippen LogP contribution in [0, 0.1) is 0 Å². The lowest BCUT2D eigenvalue weighted by molar-refractivity contribution is -0.00769. The van der Waals surface area contributed by atoms with Crippen molar-refractivity contribution in [2.24, 2.45) is 0 Å². The molecule has 1 fully saturated rings. The Morgan fingerprint density at radius 2 is 2.25 bits per heavy atom. The molecule has 0 atom stereocenters. The van der Waals surface area contributed by atoms with Crippen molar-refractivity contribution in [2.45, 2.75) is 31.2 Å². The molecule has 1 aliphatic rings. The zero-order chi connectivity index (χ0) is 14.8. The molecule has 7 heteroatoms. The maximum atomic E-state index is 12.9. The molecule has 0 aliphatic carbocycles. The van der Waals surface area contributed by atoms with Gasteiger partial charge >= 0.3 is 0 Å². The van der Waals surface area contributed by atoms with Crippen LogP contribution in [0.1, 0.15) is 20.8 Å². The summed E-state index contributed by atoms with van der Waals surface area (Å²) in [6, 6.07) is 1.68. The molecule has 2 rings (SSSR count). The first-order valence-electron chi connectivity index (χ1n) is 6.68. The highest BCUT2D eigenvalue weighted by atomic mass is 32.2. The summed E-state index contributed by atoms with van der Waals surface area (Å²) in [6.07, 6.45) is 2.99. The summed E-state index contributed by atoms with van der Waals surface area (Å²) in [6.45, 7) is 7.48. The van der Waals surface area contributed by atoms with Crippen LogP contribution in [0.25, 0.3) is 0 Å². The SMILES string of the molecule is CCNc1ccncc1S(=O)(=O)N1CCOCC1(C)C. The second-order valence-electron chi connectivity index (χ2n) is 5.34. The lowest BCUT2D eigenvalue weighted by Crippen LogP contribution is -2.55. The number of nitrogens with zero attached hydrogens (tertiary/aromatic N) is 2. The fourth-order valence-corrected chi connectivity index (χ4v) is 4.20. The Bertz CT molecular complexity index is 572. The molecular formula is C13H21N3O3S. The lowest BCUT2D eigenvalue weighted by atomic mass is 10.1. The number of rotatable bonds is 4. The highest BCUT2D eigenvalue weighted by molar-refractivity contribution is 7.89. The summed E-state index contributed by atoms with van der Waals surface area (Å²) in [5.41, 5.74) is 0.0287. The zero-order valence-corrected chi connectivity index (χ0v) is 12.9. The summed E-state index contributed by atoms with van der Waals surface area (Å²) in [7, 11) is -3.59. The molecule has 0 aromatic carbocycles. The fraction of sp³-hybridized carbons (Fsp3) is 0.615. The number of pyridine rings is 1. The predicted molar refractivity (Wildman–Crippen MR) is 77.2 cm³/mol. The van der Waals surface area contributed by atoms with Gasteiger partial charge in [0.15, 0.2) is 0 Å². The molecule has 1 aliphatic heterocycles. The van der Waals surface area contributed by atoms with E-state index in [1.807, 2.05) is 20.8 Å². The van der Waals surface area contributed by atoms with E-state index >= 15 is 0 Å². The molecule has 0 unspecified atom stereocenters. The van der Waals surface area contributed by atoms with Gasteiger partial charge in [0.05, 0.1) is 24.4 Å². The van der Waals surface area contributed by atoms with E-state index in [0.717, 1.165) is 0 Å². The van der Waals surface area contributed by atoms with Crippen molar-refractivity contribution < 1.29 is 13.2 Å². The summed E-state index contributed by atoms with van der Waals surface area (Å²) in [4.78, 5) is 4.18. The molecule has 1 aromatic rings. The van der Waals surface area contributed by atoms with E-state index in [2.05, 4.69) is 10.3 Å². The van der Waals surface area contributed by atoms with Crippen molar-refractivity contribution >= 4 is 15.7 Å². The van der Waals surface area contributed by atoms with Crippen molar-refractivity contribution in [1.82, 2.24) is 9.29 Å². The van der Waals surface area contributed by atoms with Crippen LogP contribution in [0.4, 0.5) is 5.69 Å². The monoisotopic (exact) mass is 299 g/mol. The van der Waals surface area contributed by atoms with Gasteiger partial charge in [-0.15, -0.1) is 0 Å². The molecule has 1 aromatic heterocycles. The van der Waals surface area contributed by atoms with Gasteiger partial charge in [0, 0.05) is 25.5 Å². The van der Waals surface area contributed by atoms with Crippen LogP contribution in [0.15, 0.2) is 23.4 Å². The highest BCUT2D eigenvalue weighted by Crippen LogP contribution is 2.30. The van der Waals surface area contributed by atoms with Gasteiger partial charge in [-0.05, 0) is 26.8 Å². The Morgan fingerprint density at radius 1 is 1.50 bits per heavy atom. The number of hydrogen-bond acceptors (Lipinski definition) is 5. The van der Waals surface area contributed by atoms with Gasteiger partial charge in [-0.25, -0.2) is 8.42 Å². The number of sulfonamides is 1. The van der Waals surface area contributed by atoms with E-state index in [1.54, 1.807) is 12.3 Å². The fourth-order valence-electron chi connectivity index (χ4n) is 2.33. The second-order valence-corrected chi connectivity index (χ2v) is 7.18. The molecule has 0 spiro atoms. The third kappa shape index (κ3) is 2.79. The Hall–Kier alpha value is -1.18. The second kappa shape index (κ2) is 5.67. The number of nitrogens with one attached hydrogen (secondary N) is 1. The Morgan fingerprint density at radius 3 is 2.90 bits per heavy atom. The molecule has 1 saturated heterocycles. The number of anilines is 1.